The highest BCUT2D eigenvalue weighted by molar-refractivity contribution is 5.74. The van der Waals surface area contributed by atoms with Crippen LogP contribution in [0.2, 0.25) is 0 Å². The SMILES string of the molecule is Cc1ccc(Nc2ncnc(N3CCN(Cc4ccccc4)CC3)c2[N+](=O)[O-])cc1. The number of piperazine rings is 1. The van der Waals surface area contributed by atoms with E-state index in [0.717, 1.165) is 30.9 Å². The summed E-state index contributed by atoms with van der Waals surface area (Å²) in [5, 5.41) is 15.0. The first-order valence-electron chi connectivity index (χ1n) is 9.94. The number of hydrogen-bond acceptors (Lipinski definition) is 7. The molecule has 2 heterocycles. The Kier molecular flexibility index (Phi) is 5.85. The zero-order valence-electron chi connectivity index (χ0n) is 16.9. The van der Waals surface area contributed by atoms with E-state index < -0.39 is 4.92 Å². The Morgan fingerprint density at radius 3 is 2.37 bits per heavy atom. The number of aryl methyl sites for hydroxylation is 1. The molecule has 1 fully saturated rings. The third-order valence-electron chi connectivity index (χ3n) is 5.22. The van der Waals surface area contributed by atoms with Crippen LogP contribution in [0.25, 0.3) is 0 Å². The lowest BCUT2D eigenvalue weighted by molar-refractivity contribution is -0.383. The standard InChI is InChI=1S/C22H24N6O2/c1-17-7-9-19(10-8-17)25-21-20(28(29)30)22(24-16-23-21)27-13-11-26(12-14-27)15-18-5-3-2-4-6-18/h2-10,16H,11-15H2,1H3,(H,23,24,25). The fraction of sp³-hybridized carbons (Fsp3) is 0.273. The quantitative estimate of drug-likeness (QED) is 0.494. The van der Waals surface area contributed by atoms with Crippen LogP contribution in [0.3, 0.4) is 0 Å². The Hall–Kier alpha value is -3.52. The van der Waals surface area contributed by atoms with E-state index >= 15 is 0 Å². The first kappa shape index (κ1) is 19.8. The predicted molar refractivity (Wildman–Crippen MR) is 117 cm³/mol. The molecule has 0 unspecified atom stereocenters. The van der Waals surface area contributed by atoms with E-state index in [-0.39, 0.29) is 11.5 Å². The summed E-state index contributed by atoms with van der Waals surface area (Å²) in [7, 11) is 0. The van der Waals surface area contributed by atoms with E-state index in [1.807, 2.05) is 54.3 Å². The Morgan fingerprint density at radius 2 is 1.70 bits per heavy atom. The van der Waals surface area contributed by atoms with Gasteiger partial charge in [-0.05, 0) is 24.6 Å². The van der Waals surface area contributed by atoms with Crippen LogP contribution in [0.5, 0.6) is 0 Å². The van der Waals surface area contributed by atoms with Gasteiger partial charge in [-0.1, -0.05) is 48.0 Å². The van der Waals surface area contributed by atoms with Gasteiger partial charge in [0.05, 0.1) is 4.92 Å². The second-order valence-electron chi connectivity index (χ2n) is 7.39. The van der Waals surface area contributed by atoms with Crippen molar-refractivity contribution >= 4 is 23.0 Å². The minimum absolute atomic E-state index is 0.0883. The molecular formula is C22H24N6O2. The van der Waals surface area contributed by atoms with Crippen molar-refractivity contribution in [2.75, 3.05) is 36.4 Å². The molecule has 1 aliphatic heterocycles. The lowest BCUT2D eigenvalue weighted by Crippen LogP contribution is -2.46. The lowest BCUT2D eigenvalue weighted by atomic mass is 10.2. The maximum atomic E-state index is 11.9. The van der Waals surface area contributed by atoms with E-state index in [4.69, 9.17) is 0 Å². The van der Waals surface area contributed by atoms with Crippen molar-refractivity contribution in [2.24, 2.45) is 0 Å². The van der Waals surface area contributed by atoms with Crippen molar-refractivity contribution in [3.05, 3.63) is 82.2 Å². The molecule has 1 saturated heterocycles. The molecule has 2 aromatic carbocycles. The van der Waals surface area contributed by atoms with Crippen LogP contribution >= 0.6 is 0 Å². The molecule has 8 heteroatoms. The second-order valence-corrected chi connectivity index (χ2v) is 7.39. The van der Waals surface area contributed by atoms with Crippen LogP contribution in [-0.2, 0) is 6.54 Å². The van der Waals surface area contributed by atoms with Crippen molar-refractivity contribution in [2.45, 2.75) is 13.5 Å². The monoisotopic (exact) mass is 404 g/mol. The van der Waals surface area contributed by atoms with Crippen LogP contribution < -0.4 is 10.2 Å². The molecule has 1 N–H and O–H groups in total. The summed E-state index contributed by atoms with van der Waals surface area (Å²) in [5.74, 6) is 0.574. The van der Waals surface area contributed by atoms with E-state index in [1.165, 1.54) is 11.9 Å². The summed E-state index contributed by atoms with van der Waals surface area (Å²) in [4.78, 5) is 24.2. The Morgan fingerprint density at radius 1 is 1.00 bits per heavy atom. The number of anilines is 3. The Labute approximate surface area is 175 Å². The predicted octanol–water partition coefficient (Wildman–Crippen LogP) is 3.76. The van der Waals surface area contributed by atoms with Gasteiger partial charge in [0.1, 0.15) is 6.33 Å². The maximum Gasteiger partial charge on any atom is 0.353 e. The van der Waals surface area contributed by atoms with E-state index in [1.54, 1.807) is 0 Å². The van der Waals surface area contributed by atoms with Gasteiger partial charge >= 0.3 is 5.69 Å². The molecule has 8 nitrogen and oxygen atoms in total. The van der Waals surface area contributed by atoms with Gasteiger partial charge in [0.2, 0.25) is 11.6 Å². The molecule has 0 spiro atoms. The van der Waals surface area contributed by atoms with Crippen LogP contribution in [-0.4, -0.2) is 46.0 Å². The molecule has 1 aromatic heterocycles. The Bertz CT molecular complexity index is 1000. The van der Waals surface area contributed by atoms with Crippen LogP contribution in [0.4, 0.5) is 23.0 Å². The molecule has 154 valence electrons. The molecule has 0 amide bonds. The zero-order chi connectivity index (χ0) is 20.9. The average molecular weight is 404 g/mol. The Balaban J connectivity index is 1.50. The zero-order valence-corrected chi connectivity index (χ0v) is 16.9. The normalized spacial score (nSPS) is 14.5. The van der Waals surface area contributed by atoms with Crippen molar-refractivity contribution in [3.63, 3.8) is 0 Å². The number of rotatable bonds is 6. The number of nitrogens with one attached hydrogen (secondary N) is 1. The third kappa shape index (κ3) is 4.55. The summed E-state index contributed by atoms with van der Waals surface area (Å²) in [6, 6.07) is 18.0. The van der Waals surface area contributed by atoms with Gasteiger partial charge in [-0.3, -0.25) is 15.0 Å². The first-order chi connectivity index (χ1) is 14.6. The summed E-state index contributed by atoms with van der Waals surface area (Å²) in [6.07, 6.45) is 1.38. The number of aromatic nitrogens is 2. The molecule has 0 saturated carbocycles. The number of nitrogens with zero attached hydrogens (tertiary/aromatic N) is 5. The highest BCUT2D eigenvalue weighted by atomic mass is 16.6. The van der Waals surface area contributed by atoms with E-state index in [0.29, 0.717) is 18.9 Å². The van der Waals surface area contributed by atoms with E-state index in [9.17, 15) is 10.1 Å². The molecule has 0 bridgehead atoms. The van der Waals surface area contributed by atoms with Gasteiger partial charge < -0.3 is 10.2 Å². The highest BCUT2D eigenvalue weighted by Gasteiger charge is 2.29. The number of nitro groups is 1. The van der Waals surface area contributed by atoms with Crippen LogP contribution in [0.1, 0.15) is 11.1 Å². The van der Waals surface area contributed by atoms with Gasteiger partial charge in [0.15, 0.2) is 0 Å². The first-order valence-corrected chi connectivity index (χ1v) is 9.94. The molecule has 0 radical (unpaired) electrons. The minimum Gasteiger partial charge on any atom is -0.348 e. The maximum absolute atomic E-state index is 11.9. The summed E-state index contributed by atoms with van der Waals surface area (Å²) in [6.45, 7) is 5.85. The van der Waals surface area contributed by atoms with Gasteiger partial charge in [-0.2, -0.15) is 0 Å². The number of hydrogen-bond donors (Lipinski definition) is 1. The van der Waals surface area contributed by atoms with Gasteiger partial charge in [0.25, 0.3) is 0 Å². The summed E-state index contributed by atoms with van der Waals surface area (Å²) < 4.78 is 0. The second kappa shape index (κ2) is 8.87. The fourth-order valence-corrected chi connectivity index (χ4v) is 3.59. The lowest BCUT2D eigenvalue weighted by Gasteiger charge is -2.35. The van der Waals surface area contributed by atoms with E-state index in [2.05, 4.69) is 32.3 Å². The average Bonchev–Trinajstić information content (AvgIpc) is 2.76. The van der Waals surface area contributed by atoms with Crippen molar-refractivity contribution in [1.82, 2.24) is 14.9 Å². The topological polar surface area (TPSA) is 87.4 Å². The van der Waals surface area contributed by atoms with Crippen LogP contribution in [0, 0.1) is 17.0 Å². The molecule has 1 aliphatic rings. The summed E-state index contributed by atoms with van der Waals surface area (Å²) >= 11 is 0. The van der Waals surface area contributed by atoms with Gasteiger partial charge in [-0.15, -0.1) is 0 Å². The smallest absolute Gasteiger partial charge is 0.348 e. The molecule has 0 aliphatic carbocycles. The van der Waals surface area contributed by atoms with Gasteiger partial charge in [-0.25, -0.2) is 9.97 Å². The molecule has 3 aromatic rings. The minimum atomic E-state index is -0.401. The van der Waals surface area contributed by atoms with Crippen molar-refractivity contribution in [1.29, 1.82) is 0 Å². The third-order valence-corrected chi connectivity index (χ3v) is 5.22. The summed E-state index contributed by atoms with van der Waals surface area (Å²) in [5.41, 5.74) is 3.05. The largest absolute Gasteiger partial charge is 0.353 e. The molecule has 30 heavy (non-hydrogen) atoms. The van der Waals surface area contributed by atoms with Gasteiger partial charge in [0, 0.05) is 38.4 Å². The highest BCUT2D eigenvalue weighted by Crippen LogP contribution is 2.34. The molecular weight excluding hydrogens is 380 g/mol. The fourth-order valence-electron chi connectivity index (χ4n) is 3.59. The van der Waals surface area contributed by atoms with Crippen LogP contribution in [0.15, 0.2) is 60.9 Å². The number of benzene rings is 2. The van der Waals surface area contributed by atoms with Crippen molar-refractivity contribution < 1.29 is 4.92 Å². The molecule has 0 atom stereocenters. The van der Waals surface area contributed by atoms with Crippen molar-refractivity contribution in [3.8, 4) is 0 Å². The molecule has 4 rings (SSSR count).